The summed E-state index contributed by atoms with van der Waals surface area (Å²) >= 11 is 0. The van der Waals surface area contributed by atoms with Crippen molar-refractivity contribution in [2.75, 3.05) is 27.3 Å². The SMILES string of the molecule is COC(=O)NCC(=O)N1CCC[C@H]1c1ncc(-c2ccc3c(c2)COc2cc4c(ccc5[nH]c([C@@H]6CCC(C)N6C(=O)[C@@H](NC(=O)OC)C(C)C)nc54)cc2-3)[nH]1. The minimum absolute atomic E-state index is 0.0223. The van der Waals surface area contributed by atoms with Gasteiger partial charge in [-0.15, -0.1) is 0 Å². The number of aromatic amines is 2. The Labute approximate surface area is 323 Å². The topological polar surface area (TPSA) is 184 Å². The monoisotopic (exact) mass is 762 g/mol. The quantitative estimate of drug-likeness (QED) is 0.145. The molecule has 15 heteroatoms. The van der Waals surface area contributed by atoms with Gasteiger partial charge >= 0.3 is 12.2 Å². The molecule has 3 aliphatic heterocycles. The molecule has 0 bridgehead atoms. The van der Waals surface area contributed by atoms with Gasteiger partial charge in [-0.25, -0.2) is 19.6 Å². The van der Waals surface area contributed by atoms with E-state index in [9.17, 15) is 19.2 Å². The first-order valence-corrected chi connectivity index (χ1v) is 19.1. The van der Waals surface area contributed by atoms with Crippen LogP contribution in [0.2, 0.25) is 0 Å². The number of imidazole rings is 2. The Kier molecular flexibility index (Phi) is 9.77. The van der Waals surface area contributed by atoms with Crippen LogP contribution in [-0.4, -0.2) is 93.1 Å². The smallest absolute Gasteiger partial charge is 0.407 e. The number of benzene rings is 3. The van der Waals surface area contributed by atoms with E-state index in [0.29, 0.717) is 24.8 Å². The van der Waals surface area contributed by atoms with Crippen LogP contribution in [-0.2, 0) is 25.7 Å². The van der Waals surface area contributed by atoms with Crippen LogP contribution in [0.3, 0.4) is 0 Å². The van der Waals surface area contributed by atoms with Crippen LogP contribution >= 0.6 is 0 Å². The summed E-state index contributed by atoms with van der Waals surface area (Å²) in [6.07, 6.45) is 3.71. The maximum Gasteiger partial charge on any atom is 0.407 e. The van der Waals surface area contributed by atoms with Crippen molar-refractivity contribution in [1.82, 2.24) is 40.4 Å². The summed E-state index contributed by atoms with van der Waals surface area (Å²) < 4.78 is 15.8. The first kappa shape index (κ1) is 36.8. The van der Waals surface area contributed by atoms with Gasteiger partial charge in [-0.1, -0.05) is 32.0 Å². The van der Waals surface area contributed by atoms with E-state index in [1.165, 1.54) is 14.2 Å². The fourth-order valence-corrected chi connectivity index (χ4v) is 8.44. The van der Waals surface area contributed by atoms with Crippen molar-refractivity contribution in [3.8, 4) is 28.1 Å². The van der Waals surface area contributed by atoms with Gasteiger partial charge in [0.25, 0.3) is 0 Å². The fourth-order valence-electron chi connectivity index (χ4n) is 8.44. The lowest BCUT2D eigenvalue weighted by molar-refractivity contribution is -0.137. The Bertz CT molecular complexity index is 2350. The molecule has 3 aliphatic rings. The molecule has 2 fully saturated rings. The zero-order valence-electron chi connectivity index (χ0n) is 32.1. The fraction of sp³-hybridized carbons (Fsp3) is 0.415. The molecule has 2 saturated heterocycles. The van der Waals surface area contributed by atoms with E-state index in [-0.39, 0.29) is 42.4 Å². The minimum atomic E-state index is -0.723. The van der Waals surface area contributed by atoms with Gasteiger partial charge in [0.2, 0.25) is 11.8 Å². The molecule has 0 aliphatic carbocycles. The lowest BCUT2D eigenvalue weighted by Crippen LogP contribution is -2.52. The summed E-state index contributed by atoms with van der Waals surface area (Å²) in [4.78, 5) is 70.7. The molecule has 292 valence electrons. The number of methoxy groups -OCH3 is 2. The van der Waals surface area contributed by atoms with Crippen LogP contribution in [0.4, 0.5) is 9.59 Å². The highest BCUT2D eigenvalue weighted by Crippen LogP contribution is 2.44. The third-order valence-corrected chi connectivity index (χ3v) is 11.4. The Balaban J connectivity index is 1.04. The standard InChI is InChI=1S/C41H46N8O7/c1-21(2)35(47-41(53)55-5)39(51)49-22(3)8-13-32(49)38-44-29-12-10-23-16-28-26-11-9-24(15-25(26)20-56-33(28)17-27(23)36(29)46-38)30-18-42-37(45-30)31-7-6-14-48(31)34(50)19-43-40(52)54-4/h9-12,15-18,21-22,31-32,35H,6-8,13-14,19-20H2,1-5H3,(H,42,45)(H,43,52)(H,44,46)(H,47,53)/t22?,31-,32-,35-/m0/s1. The molecule has 2 aromatic heterocycles. The second kappa shape index (κ2) is 14.8. The van der Waals surface area contributed by atoms with E-state index in [4.69, 9.17) is 14.5 Å². The second-order valence-electron chi connectivity index (χ2n) is 15.1. The number of carbonyl (C=O) groups is 4. The molecule has 4 atom stereocenters. The van der Waals surface area contributed by atoms with E-state index in [2.05, 4.69) is 66.7 Å². The molecule has 56 heavy (non-hydrogen) atoms. The average molecular weight is 763 g/mol. The number of fused-ring (bicyclic) bond motifs is 6. The number of hydrogen-bond donors (Lipinski definition) is 4. The maximum atomic E-state index is 13.9. The molecule has 8 rings (SSSR count). The van der Waals surface area contributed by atoms with Gasteiger partial charge in [0.05, 0.1) is 49.2 Å². The summed E-state index contributed by atoms with van der Waals surface area (Å²) in [5, 5.41) is 7.17. The zero-order chi connectivity index (χ0) is 39.2. The number of H-pyrrole nitrogens is 2. The molecular weight excluding hydrogens is 716 g/mol. The Morgan fingerprint density at radius 1 is 0.946 bits per heavy atom. The Hall–Kier alpha value is -6.12. The number of ether oxygens (including phenoxy) is 3. The van der Waals surface area contributed by atoms with Crippen LogP contribution < -0.4 is 15.4 Å². The highest BCUT2D eigenvalue weighted by Gasteiger charge is 2.41. The molecule has 15 nitrogen and oxygen atoms in total. The number of rotatable bonds is 8. The van der Waals surface area contributed by atoms with Crippen molar-refractivity contribution in [2.24, 2.45) is 5.92 Å². The highest BCUT2D eigenvalue weighted by atomic mass is 16.5. The summed E-state index contributed by atoms with van der Waals surface area (Å²) in [6, 6.07) is 13.4. The normalized spacial score (nSPS) is 19.4. The molecule has 0 spiro atoms. The second-order valence-corrected chi connectivity index (χ2v) is 15.1. The van der Waals surface area contributed by atoms with Crippen LogP contribution in [0.25, 0.3) is 44.2 Å². The molecule has 4 N–H and O–H groups in total. The molecule has 3 aromatic carbocycles. The lowest BCUT2D eigenvalue weighted by atomic mass is 9.92. The van der Waals surface area contributed by atoms with Crippen molar-refractivity contribution < 1.29 is 33.4 Å². The van der Waals surface area contributed by atoms with E-state index in [1.54, 1.807) is 11.1 Å². The summed E-state index contributed by atoms with van der Waals surface area (Å²) in [5.74, 6) is 1.72. The number of nitrogens with zero attached hydrogens (tertiary/aromatic N) is 4. The Morgan fingerprint density at radius 2 is 1.77 bits per heavy atom. The maximum absolute atomic E-state index is 13.9. The Morgan fingerprint density at radius 3 is 2.55 bits per heavy atom. The van der Waals surface area contributed by atoms with Gasteiger partial charge in [-0.3, -0.25) is 9.59 Å². The van der Waals surface area contributed by atoms with Gasteiger partial charge in [-0.2, -0.15) is 0 Å². The average Bonchev–Trinajstić information content (AvgIpc) is 4.03. The van der Waals surface area contributed by atoms with Gasteiger partial charge in [0.1, 0.15) is 36.6 Å². The van der Waals surface area contributed by atoms with Crippen molar-refractivity contribution >= 4 is 45.8 Å². The summed E-state index contributed by atoms with van der Waals surface area (Å²) in [5.41, 5.74) is 6.59. The van der Waals surface area contributed by atoms with Crippen molar-refractivity contribution in [3.05, 3.63) is 65.9 Å². The van der Waals surface area contributed by atoms with E-state index >= 15 is 0 Å². The number of likely N-dealkylation sites (tertiary alicyclic amines) is 2. The number of amides is 4. The molecule has 5 aromatic rings. The lowest BCUT2D eigenvalue weighted by Gasteiger charge is -2.32. The van der Waals surface area contributed by atoms with E-state index in [1.807, 2.05) is 31.7 Å². The molecule has 1 unspecified atom stereocenters. The highest BCUT2D eigenvalue weighted by molar-refractivity contribution is 6.07. The first-order valence-electron chi connectivity index (χ1n) is 19.1. The summed E-state index contributed by atoms with van der Waals surface area (Å²) in [6.45, 7) is 6.69. The van der Waals surface area contributed by atoms with Gasteiger partial charge in [0.15, 0.2) is 0 Å². The number of hydrogen-bond acceptors (Lipinski definition) is 9. The predicted octanol–water partition coefficient (Wildman–Crippen LogP) is 6.12. The van der Waals surface area contributed by atoms with E-state index in [0.717, 1.165) is 81.2 Å². The van der Waals surface area contributed by atoms with Crippen LogP contribution in [0.5, 0.6) is 5.75 Å². The zero-order valence-corrected chi connectivity index (χ0v) is 32.1. The minimum Gasteiger partial charge on any atom is -0.488 e. The molecule has 0 saturated carbocycles. The number of nitrogens with one attached hydrogen (secondary N) is 4. The van der Waals surface area contributed by atoms with Crippen LogP contribution in [0, 0.1) is 5.92 Å². The molecule has 0 radical (unpaired) electrons. The van der Waals surface area contributed by atoms with Crippen molar-refractivity contribution in [3.63, 3.8) is 0 Å². The largest absolute Gasteiger partial charge is 0.488 e. The van der Waals surface area contributed by atoms with Gasteiger partial charge in [0, 0.05) is 23.5 Å². The van der Waals surface area contributed by atoms with E-state index < -0.39 is 18.2 Å². The molecular formula is C41H46N8O7. The van der Waals surface area contributed by atoms with Crippen LogP contribution in [0.15, 0.2) is 48.7 Å². The molecule has 4 amide bonds. The van der Waals surface area contributed by atoms with Crippen molar-refractivity contribution in [2.45, 2.75) is 77.2 Å². The third-order valence-electron chi connectivity index (χ3n) is 11.4. The van der Waals surface area contributed by atoms with Crippen molar-refractivity contribution in [1.29, 1.82) is 0 Å². The number of carbonyl (C=O) groups excluding carboxylic acids is 4. The van der Waals surface area contributed by atoms with Gasteiger partial charge in [-0.05, 0) is 84.9 Å². The predicted molar refractivity (Wildman–Crippen MR) is 207 cm³/mol. The third kappa shape index (κ3) is 6.64. The first-order chi connectivity index (χ1) is 27.0. The number of alkyl carbamates (subject to hydrolysis) is 2. The van der Waals surface area contributed by atoms with Crippen LogP contribution in [0.1, 0.15) is 75.8 Å². The van der Waals surface area contributed by atoms with Gasteiger partial charge < -0.3 is 44.6 Å². The molecule has 5 heterocycles. The number of aromatic nitrogens is 4. The summed E-state index contributed by atoms with van der Waals surface area (Å²) in [7, 11) is 2.56.